The number of halogens is 2. The third kappa shape index (κ3) is 3.48. The maximum atomic E-state index is 12.8. The van der Waals surface area contributed by atoms with Gasteiger partial charge in [0.2, 0.25) is 5.78 Å². The molecule has 0 aliphatic rings. The van der Waals surface area contributed by atoms with E-state index in [4.69, 9.17) is 27.9 Å². The van der Waals surface area contributed by atoms with Crippen LogP contribution in [0.25, 0.3) is 11.1 Å². The molecule has 0 atom stereocenters. The van der Waals surface area contributed by atoms with Crippen molar-refractivity contribution >= 4 is 40.3 Å². The van der Waals surface area contributed by atoms with E-state index in [1.165, 1.54) is 11.3 Å². The summed E-state index contributed by atoms with van der Waals surface area (Å²) >= 11 is 13.7. The van der Waals surface area contributed by atoms with Gasteiger partial charge in [-0.2, -0.15) is 0 Å². The minimum atomic E-state index is -0.0552. The molecule has 0 aliphatic carbocycles. The lowest BCUT2D eigenvalue weighted by Crippen LogP contribution is -2.04. The standard InChI is InChI=1S/C19H14Cl2O2S/c1-2-23-17-8-5-12(14-7-6-13(20)11-16(14)21)10-15(17)19(22)18-4-3-9-24-18/h3-11H,2H2,1H3. The van der Waals surface area contributed by atoms with Crippen LogP contribution in [-0.4, -0.2) is 12.4 Å². The lowest BCUT2D eigenvalue weighted by Gasteiger charge is -2.12. The van der Waals surface area contributed by atoms with E-state index >= 15 is 0 Å². The highest BCUT2D eigenvalue weighted by Gasteiger charge is 2.17. The van der Waals surface area contributed by atoms with E-state index in [-0.39, 0.29) is 5.78 Å². The molecule has 0 unspecified atom stereocenters. The van der Waals surface area contributed by atoms with Crippen molar-refractivity contribution in [2.24, 2.45) is 0 Å². The molecule has 2 aromatic carbocycles. The second-order valence-corrected chi connectivity index (χ2v) is 6.87. The number of carbonyl (C=O) groups is 1. The van der Waals surface area contributed by atoms with Gasteiger partial charge < -0.3 is 4.74 Å². The minimum Gasteiger partial charge on any atom is -0.493 e. The van der Waals surface area contributed by atoms with Crippen LogP contribution in [0.3, 0.4) is 0 Å². The lowest BCUT2D eigenvalue weighted by molar-refractivity contribution is 0.103. The number of benzene rings is 2. The van der Waals surface area contributed by atoms with Gasteiger partial charge in [0.15, 0.2) is 0 Å². The molecule has 2 nitrogen and oxygen atoms in total. The molecule has 122 valence electrons. The lowest BCUT2D eigenvalue weighted by atomic mass is 9.99. The number of rotatable bonds is 5. The Labute approximate surface area is 154 Å². The maximum absolute atomic E-state index is 12.8. The molecule has 0 radical (unpaired) electrons. The fraction of sp³-hybridized carbons (Fsp3) is 0.105. The first-order valence-electron chi connectivity index (χ1n) is 7.40. The number of ketones is 1. The quantitative estimate of drug-likeness (QED) is 0.484. The minimum absolute atomic E-state index is 0.0552. The second-order valence-electron chi connectivity index (χ2n) is 5.07. The molecule has 3 aromatic rings. The van der Waals surface area contributed by atoms with Gasteiger partial charge in [-0.05, 0) is 48.2 Å². The van der Waals surface area contributed by atoms with Gasteiger partial charge in [0.05, 0.1) is 17.0 Å². The van der Waals surface area contributed by atoms with Crippen molar-refractivity contribution in [2.75, 3.05) is 6.61 Å². The predicted octanol–water partition coefficient (Wildman–Crippen LogP) is 6.35. The summed E-state index contributed by atoms with van der Waals surface area (Å²) in [7, 11) is 0. The number of thiophene rings is 1. The molecule has 3 rings (SSSR count). The van der Waals surface area contributed by atoms with Gasteiger partial charge >= 0.3 is 0 Å². The predicted molar refractivity (Wildman–Crippen MR) is 101 cm³/mol. The summed E-state index contributed by atoms with van der Waals surface area (Å²) in [5.41, 5.74) is 2.20. The highest BCUT2D eigenvalue weighted by Crippen LogP contribution is 2.34. The maximum Gasteiger partial charge on any atom is 0.206 e. The number of hydrogen-bond acceptors (Lipinski definition) is 3. The van der Waals surface area contributed by atoms with Gasteiger partial charge in [0, 0.05) is 15.6 Å². The van der Waals surface area contributed by atoms with Gasteiger partial charge in [0.25, 0.3) is 0 Å². The molecular weight excluding hydrogens is 363 g/mol. The summed E-state index contributed by atoms with van der Waals surface area (Å²) in [5.74, 6) is 0.519. The number of hydrogen-bond donors (Lipinski definition) is 0. The molecule has 0 amide bonds. The fourth-order valence-electron chi connectivity index (χ4n) is 2.42. The van der Waals surface area contributed by atoms with Crippen LogP contribution in [0.4, 0.5) is 0 Å². The zero-order valence-electron chi connectivity index (χ0n) is 12.9. The molecule has 0 aliphatic heterocycles. The molecule has 1 aromatic heterocycles. The molecule has 0 spiro atoms. The van der Waals surface area contributed by atoms with Crippen molar-refractivity contribution in [1.29, 1.82) is 0 Å². The average molecular weight is 377 g/mol. The van der Waals surface area contributed by atoms with Crippen LogP contribution >= 0.6 is 34.5 Å². The van der Waals surface area contributed by atoms with Crippen molar-refractivity contribution in [3.63, 3.8) is 0 Å². The molecular formula is C19H14Cl2O2S. The Hall–Kier alpha value is -1.81. The fourth-order valence-corrected chi connectivity index (χ4v) is 3.62. The van der Waals surface area contributed by atoms with Gasteiger partial charge in [-0.1, -0.05) is 41.4 Å². The van der Waals surface area contributed by atoms with Crippen molar-refractivity contribution in [3.05, 3.63) is 74.4 Å². The Morgan fingerprint density at radius 3 is 2.62 bits per heavy atom. The van der Waals surface area contributed by atoms with E-state index in [0.717, 1.165) is 11.1 Å². The van der Waals surface area contributed by atoms with E-state index in [1.54, 1.807) is 12.1 Å². The molecule has 0 saturated heterocycles. The summed E-state index contributed by atoms with van der Waals surface area (Å²) in [6.45, 7) is 2.38. The summed E-state index contributed by atoms with van der Waals surface area (Å²) in [4.78, 5) is 13.5. The number of ether oxygens (including phenoxy) is 1. The first-order valence-corrected chi connectivity index (χ1v) is 9.04. The highest BCUT2D eigenvalue weighted by atomic mass is 35.5. The van der Waals surface area contributed by atoms with Gasteiger partial charge in [0.1, 0.15) is 5.75 Å². The summed E-state index contributed by atoms with van der Waals surface area (Å²) in [6, 6.07) is 14.5. The molecule has 5 heteroatoms. The Balaban J connectivity index is 2.10. The third-order valence-corrected chi connectivity index (χ3v) is 4.93. The molecule has 1 heterocycles. The largest absolute Gasteiger partial charge is 0.493 e. The Morgan fingerprint density at radius 2 is 1.96 bits per heavy atom. The number of carbonyl (C=O) groups excluding carboxylic acids is 1. The smallest absolute Gasteiger partial charge is 0.206 e. The molecule has 24 heavy (non-hydrogen) atoms. The first kappa shape index (κ1) is 17.0. The van der Waals surface area contributed by atoms with E-state index in [9.17, 15) is 4.79 Å². The highest BCUT2D eigenvalue weighted by molar-refractivity contribution is 7.12. The molecule has 0 bridgehead atoms. The SMILES string of the molecule is CCOc1ccc(-c2ccc(Cl)cc2Cl)cc1C(=O)c1cccs1. The van der Waals surface area contributed by atoms with E-state index in [0.29, 0.717) is 32.8 Å². The Morgan fingerprint density at radius 1 is 1.12 bits per heavy atom. The summed E-state index contributed by atoms with van der Waals surface area (Å²) in [6.07, 6.45) is 0. The van der Waals surface area contributed by atoms with Gasteiger partial charge in [-0.25, -0.2) is 0 Å². The summed E-state index contributed by atoms with van der Waals surface area (Å²) in [5, 5.41) is 3.00. The monoisotopic (exact) mass is 376 g/mol. The van der Waals surface area contributed by atoms with Crippen molar-refractivity contribution in [3.8, 4) is 16.9 Å². The van der Waals surface area contributed by atoms with Crippen LogP contribution in [0.1, 0.15) is 22.2 Å². The van der Waals surface area contributed by atoms with E-state index in [2.05, 4.69) is 0 Å². The molecule has 0 N–H and O–H groups in total. The van der Waals surface area contributed by atoms with Crippen LogP contribution in [0.2, 0.25) is 10.0 Å². The van der Waals surface area contributed by atoms with Crippen molar-refractivity contribution < 1.29 is 9.53 Å². The van der Waals surface area contributed by atoms with E-state index in [1.807, 2.05) is 48.7 Å². The Kier molecular flexibility index (Phi) is 5.24. The summed E-state index contributed by atoms with van der Waals surface area (Å²) < 4.78 is 5.63. The van der Waals surface area contributed by atoms with Crippen LogP contribution in [0.5, 0.6) is 5.75 Å². The van der Waals surface area contributed by atoms with Crippen LogP contribution in [-0.2, 0) is 0 Å². The normalized spacial score (nSPS) is 10.6. The molecule has 0 saturated carbocycles. The van der Waals surface area contributed by atoms with Crippen molar-refractivity contribution in [2.45, 2.75) is 6.92 Å². The average Bonchev–Trinajstić information content (AvgIpc) is 3.09. The zero-order valence-corrected chi connectivity index (χ0v) is 15.2. The van der Waals surface area contributed by atoms with Gasteiger partial charge in [-0.3, -0.25) is 4.79 Å². The topological polar surface area (TPSA) is 26.3 Å². The van der Waals surface area contributed by atoms with Crippen LogP contribution < -0.4 is 4.74 Å². The van der Waals surface area contributed by atoms with Crippen molar-refractivity contribution in [1.82, 2.24) is 0 Å². The van der Waals surface area contributed by atoms with E-state index < -0.39 is 0 Å². The Bertz CT molecular complexity index is 873. The van der Waals surface area contributed by atoms with Crippen LogP contribution in [0.15, 0.2) is 53.9 Å². The third-order valence-electron chi connectivity index (χ3n) is 3.51. The van der Waals surface area contributed by atoms with Gasteiger partial charge in [-0.15, -0.1) is 11.3 Å². The first-order chi connectivity index (χ1) is 11.6. The second kappa shape index (κ2) is 7.39. The molecule has 0 fully saturated rings. The van der Waals surface area contributed by atoms with Crippen LogP contribution in [0, 0.1) is 0 Å². The zero-order chi connectivity index (χ0) is 17.1.